The molecule has 3 rings (SSSR count). The molecule has 0 radical (unpaired) electrons. The summed E-state index contributed by atoms with van der Waals surface area (Å²) < 4.78 is 9.84. The van der Waals surface area contributed by atoms with E-state index in [1.807, 2.05) is 35.7 Å². The molecule has 2 atom stereocenters. The van der Waals surface area contributed by atoms with Gasteiger partial charge < -0.3 is 14.6 Å². The highest BCUT2D eigenvalue weighted by atomic mass is 35.5. The van der Waals surface area contributed by atoms with Crippen molar-refractivity contribution in [2.75, 3.05) is 13.2 Å². The lowest BCUT2D eigenvalue weighted by molar-refractivity contribution is -0.0344. The molecule has 0 aromatic carbocycles. The molecule has 0 unspecified atom stereocenters. The van der Waals surface area contributed by atoms with Crippen molar-refractivity contribution in [3.63, 3.8) is 0 Å². The van der Waals surface area contributed by atoms with Crippen LogP contribution >= 0.6 is 11.6 Å². The largest absolute Gasteiger partial charge is 0.370 e. The number of aromatic nitrogens is 4. The number of aryl methyl sites for hydroxylation is 2. The van der Waals surface area contributed by atoms with Crippen LogP contribution in [0.3, 0.4) is 0 Å². The summed E-state index contributed by atoms with van der Waals surface area (Å²) in [5.41, 5.74) is 1.01. The Labute approximate surface area is 135 Å². The summed E-state index contributed by atoms with van der Waals surface area (Å²) in [7, 11) is 3.92. The molecular formula is C15H22ClN5O. The predicted molar refractivity (Wildman–Crippen MR) is 84.5 cm³/mol. The van der Waals surface area contributed by atoms with Crippen molar-refractivity contribution in [2.24, 2.45) is 20.0 Å². The van der Waals surface area contributed by atoms with Crippen LogP contribution in [0.15, 0.2) is 18.6 Å². The Morgan fingerprint density at radius 3 is 3.00 bits per heavy atom. The Hall–Kier alpha value is -1.37. The van der Waals surface area contributed by atoms with Crippen LogP contribution in [0.2, 0.25) is 5.02 Å². The summed E-state index contributed by atoms with van der Waals surface area (Å²) in [5.74, 6) is 1.42. The van der Waals surface area contributed by atoms with Crippen LogP contribution in [0.4, 0.5) is 0 Å². The number of imidazole rings is 1. The minimum absolute atomic E-state index is 0.0586. The van der Waals surface area contributed by atoms with Crippen molar-refractivity contribution in [1.82, 2.24) is 24.6 Å². The van der Waals surface area contributed by atoms with E-state index in [9.17, 15) is 0 Å². The van der Waals surface area contributed by atoms with Gasteiger partial charge in [0.25, 0.3) is 0 Å². The first kappa shape index (κ1) is 15.5. The van der Waals surface area contributed by atoms with E-state index in [0.717, 1.165) is 37.5 Å². The number of halogens is 1. The third-order valence-electron chi connectivity index (χ3n) is 4.27. The second kappa shape index (κ2) is 6.81. The summed E-state index contributed by atoms with van der Waals surface area (Å²) in [4.78, 5) is 4.45. The Morgan fingerprint density at radius 1 is 1.45 bits per heavy atom. The molecule has 6 nitrogen and oxygen atoms in total. The molecule has 22 heavy (non-hydrogen) atoms. The van der Waals surface area contributed by atoms with Crippen molar-refractivity contribution in [1.29, 1.82) is 0 Å². The summed E-state index contributed by atoms with van der Waals surface area (Å²) in [6.07, 6.45) is 7.77. The van der Waals surface area contributed by atoms with Crippen molar-refractivity contribution in [2.45, 2.75) is 25.5 Å². The number of rotatable bonds is 5. The molecule has 1 aliphatic rings. The van der Waals surface area contributed by atoms with Crippen LogP contribution in [-0.4, -0.2) is 32.5 Å². The van der Waals surface area contributed by atoms with E-state index in [4.69, 9.17) is 16.3 Å². The maximum atomic E-state index is 6.14. The Balaban J connectivity index is 1.61. The SMILES string of the molecule is Cn1ccnc1[C@@H]1OCCC[C@H]1CNCc1c(Cl)cnn1C. The molecule has 0 bridgehead atoms. The molecule has 0 spiro atoms. The van der Waals surface area contributed by atoms with Crippen LogP contribution in [0, 0.1) is 5.92 Å². The van der Waals surface area contributed by atoms with Gasteiger partial charge in [0.15, 0.2) is 0 Å². The van der Waals surface area contributed by atoms with Gasteiger partial charge in [-0.3, -0.25) is 4.68 Å². The molecule has 3 heterocycles. The lowest BCUT2D eigenvalue weighted by atomic mass is 9.93. The Bertz CT molecular complexity index is 604. The monoisotopic (exact) mass is 323 g/mol. The third kappa shape index (κ3) is 3.19. The number of ether oxygens (including phenoxy) is 1. The number of hydrogen-bond acceptors (Lipinski definition) is 4. The maximum absolute atomic E-state index is 6.14. The normalized spacial score (nSPS) is 22.1. The average molecular weight is 324 g/mol. The molecule has 0 saturated carbocycles. The van der Waals surface area contributed by atoms with E-state index in [2.05, 4.69) is 15.4 Å². The van der Waals surface area contributed by atoms with Gasteiger partial charge in [-0.2, -0.15) is 5.10 Å². The lowest BCUT2D eigenvalue weighted by Crippen LogP contribution is -2.33. The Morgan fingerprint density at radius 2 is 2.32 bits per heavy atom. The van der Waals surface area contributed by atoms with Crippen LogP contribution < -0.4 is 5.32 Å². The predicted octanol–water partition coefficient (Wildman–Crippen LogP) is 2.06. The van der Waals surface area contributed by atoms with Gasteiger partial charge in [-0.15, -0.1) is 0 Å². The fourth-order valence-electron chi connectivity index (χ4n) is 3.00. The molecule has 0 amide bonds. The molecule has 7 heteroatoms. The minimum atomic E-state index is 0.0586. The highest BCUT2D eigenvalue weighted by Gasteiger charge is 2.30. The zero-order valence-electron chi connectivity index (χ0n) is 13.0. The van der Waals surface area contributed by atoms with Gasteiger partial charge in [0.1, 0.15) is 11.9 Å². The second-order valence-corrected chi connectivity index (χ2v) is 6.19. The van der Waals surface area contributed by atoms with Crippen LogP contribution in [0.1, 0.15) is 30.5 Å². The van der Waals surface area contributed by atoms with Gasteiger partial charge >= 0.3 is 0 Å². The highest BCUT2D eigenvalue weighted by Crippen LogP contribution is 2.32. The fourth-order valence-corrected chi connectivity index (χ4v) is 3.23. The average Bonchev–Trinajstić information content (AvgIpc) is 3.08. The molecule has 120 valence electrons. The minimum Gasteiger partial charge on any atom is -0.370 e. The first-order valence-electron chi connectivity index (χ1n) is 7.62. The van der Waals surface area contributed by atoms with E-state index in [1.165, 1.54) is 0 Å². The van der Waals surface area contributed by atoms with Crippen molar-refractivity contribution in [3.8, 4) is 0 Å². The van der Waals surface area contributed by atoms with Gasteiger partial charge in [0.2, 0.25) is 0 Å². The van der Waals surface area contributed by atoms with Crippen LogP contribution in [0.5, 0.6) is 0 Å². The highest BCUT2D eigenvalue weighted by molar-refractivity contribution is 6.31. The van der Waals surface area contributed by atoms with E-state index >= 15 is 0 Å². The van der Waals surface area contributed by atoms with Gasteiger partial charge in [-0.05, 0) is 12.8 Å². The lowest BCUT2D eigenvalue weighted by Gasteiger charge is -2.31. The van der Waals surface area contributed by atoms with Gasteiger partial charge in [-0.25, -0.2) is 4.98 Å². The van der Waals surface area contributed by atoms with E-state index in [-0.39, 0.29) is 6.10 Å². The van der Waals surface area contributed by atoms with Crippen LogP contribution in [-0.2, 0) is 25.4 Å². The zero-order chi connectivity index (χ0) is 15.5. The van der Waals surface area contributed by atoms with Gasteiger partial charge in [0, 0.05) is 52.1 Å². The summed E-state index contributed by atoms with van der Waals surface area (Å²) >= 11 is 6.14. The van der Waals surface area contributed by atoms with E-state index < -0.39 is 0 Å². The number of hydrogen-bond donors (Lipinski definition) is 1. The fraction of sp³-hybridized carbons (Fsp3) is 0.600. The molecule has 2 aromatic heterocycles. The van der Waals surface area contributed by atoms with Crippen LogP contribution in [0.25, 0.3) is 0 Å². The third-order valence-corrected chi connectivity index (χ3v) is 4.58. The second-order valence-electron chi connectivity index (χ2n) is 5.78. The van der Waals surface area contributed by atoms with Gasteiger partial charge in [0.05, 0.1) is 16.9 Å². The smallest absolute Gasteiger partial charge is 0.137 e. The quantitative estimate of drug-likeness (QED) is 0.915. The van der Waals surface area contributed by atoms with E-state index in [1.54, 1.807) is 6.20 Å². The Kier molecular flexibility index (Phi) is 4.81. The van der Waals surface area contributed by atoms with Gasteiger partial charge in [-0.1, -0.05) is 11.6 Å². The molecule has 1 saturated heterocycles. The maximum Gasteiger partial charge on any atom is 0.137 e. The number of nitrogens with zero attached hydrogens (tertiary/aromatic N) is 4. The topological polar surface area (TPSA) is 56.9 Å². The molecule has 2 aromatic rings. The standard InChI is InChI=1S/C15H22ClN5O/c1-20-6-5-18-15(20)14-11(4-3-7-22-14)8-17-10-13-12(16)9-19-21(13)2/h5-6,9,11,14,17H,3-4,7-8,10H2,1-2H3/t11-,14+/m0/s1. The summed E-state index contributed by atoms with van der Waals surface area (Å²) in [6.45, 7) is 2.39. The molecule has 1 fully saturated rings. The first-order chi connectivity index (χ1) is 10.7. The summed E-state index contributed by atoms with van der Waals surface area (Å²) in [6, 6.07) is 0. The molecular weight excluding hydrogens is 302 g/mol. The molecule has 1 N–H and O–H groups in total. The molecule has 0 aliphatic carbocycles. The van der Waals surface area contributed by atoms with Crippen molar-refractivity contribution >= 4 is 11.6 Å². The van der Waals surface area contributed by atoms with Crippen molar-refractivity contribution in [3.05, 3.63) is 35.1 Å². The zero-order valence-corrected chi connectivity index (χ0v) is 13.8. The first-order valence-corrected chi connectivity index (χ1v) is 8.00. The molecule has 1 aliphatic heterocycles. The number of nitrogens with one attached hydrogen (secondary N) is 1. The summed E-state index contributed by atoms with van der Waals surface area (Å²) in [5, 5.41) is 8.35. The van der Waals surface area contributed by atoms with Crippen molar-refractivity contribution < 1.29 is 4.74 Å². The van der Waals surface area contributed by atoms with E-state index in [0.29, 0.717) is 17.5 Å².